The molecule has 0 aliphatic rings. The Bertz CT molecular complexity index is 409. The third-order valence-corrected chi connectivity index (χ3v) is 2.97. The highest BCUT2D eigenvalue weighted by atomic mass is 19.1. The van der Waals surface area contributed by atoms with Crippen molar-refractivity contribution in [3.63, 3.8) is 0 Å². The molecule has 0 radical (unpaired) electrons. The largest absolute Gasteiger partial charge is 0.374 e. The molecular formula is C14H21FN2O. The van der Waals surface area contributed by atoms with Crippen molar-refractivity contribution in [2.45, 2.75) is 46.1 Å². The zero-order valence-electron chi connectivity index (χ0n) is 11.2. The molecule has 0 spiro atoms. The molecule has 0 saturated carbocycles. The fraction of sp³-hybridized carbons (Fsp3) is 0.500. The monoisotopic (exact) mass is 252 g/mol. The first-order valence-electron chi connectivity index (χ1n) is 6.28. The van der Waals surface area contributed by atoms with E-state index in [1.54, 1.807) is 26.0 Å². The Hall–Kier alpha value is -1.58. The van der Waals surface area contributed by atoms with Crippen molar-refractivity contribution < 1.29 is 9.18 Å². The first-order chi connectivity index (χ1) is 8.45. The number of rotatable bonds is 6. The maximum atomic E-state index is 13.5. The van der Waals surface area contributed by atoms with Crippen LogP contribution in [0.15, 0.2) is 12.1 Å². The van der Waals surface area contributed by atoms with Crippen molar-refractivity contribution in [2.24, 2.45) is 5.73 Å². The van der Waals surface area contributed by atoms with Crippen molar-refractivity contribution in [1.82, 2.24) is 0 Å². The number of halogens is 1. The first kappa shape index (κ1) is 14.5. The van der Waals surface area contributed by atoms with E-state index in [1.165, 1.54) is 0 Å². The number of benzene rings is 1. The minimum Gasteiger partial charge on any atom is -0.374 e. The summed E-state index contributed by atoms with van der Waals surface area (Å²) in [5, 5.41) is 3.08. The van der Waals surface area contributed by atoms with Crippen LogP contribution in [0.25, 0.3) is 0 Å². The van der Waals surface area contributed by atoms with Gasteiger partial charge in [0, 0.05) is 5.69 Å². The van der Waals surface area contributed by atoms with Gasteiger partial charge in [0.05, 0.1) is 0 Å². The molecule has 1 unspecified atom stereocenters. The zero-order valence-corrected chi connectivity index (χ0v) is 11.2. The van der Waals surface area contributed by atoms with E-state index in [9.17, 15) is 9.18 Å². The quantitative estimate of drug-likeness (QED) is 0.818. The number of nitrogens with two attached hydrogens (primary N) is 1. The summed E-state index contributed by atoms with van der Waals surface area (Å²) in [6, 6.07) is 3.00. The summed E-state index contributed by atoms with van der Waals surface area (Å²) in [6.07, 6.45) is 2.63. The van der Waals surface area contributed by atoms with Gasteiger partial charge in [-0.3, -0.25) is 4.79 Å². The average molecular weight is 252 g/mol. The second kappa shape index (κ2) is 6.38. The van der Waals surface area contributed by atoms with Crippen LogP contribution in [0, 0.1) is 19.7 Å². The zero-order chi connectivity index (χ0) is 13.7. The second-order valence-corrected chi connectivity index (χ2v) is 4.67. The van der Waals surface area contributed by atoms with E-state index in [-0.39, 0.29) is 11.7 Å². The van der Waals surface area contributed by atoms with Gasteiger partial charge >= 0.3 is 0 Å². The smallest absolute Gasteiger partial charge is 0.239 e. The van der Waals surface area contributed by atoms with Crippen LogP contribution in [-0.4, -0.2) is 11.9 Å². The first-order valence-corrected chi connectivity index (χ1v) is 6.28. The topological polar surface area (TPSA) is 55.1 Å². The molecule has 0 bridgehead atoms. The molecule has 0 aliphatic carbocycles. The number of carbonyl (C=O) groups excluding carboxylic acids is 1. The molecule has 1 aromatic carbocycles. The number of nitrogens with one attached hydrogen (secondary N) is 1. The number of carbonyl (C=O) groups is 1. The summed E-state index contributed by atoms with van der Waals surface area (Å²) in [5.41, 5.74) is 7.23. The minimum atomic E-state index is -0.394. The molecule has 1 amide bonds. The van der Waals surface area contributed by atoms with Crippen LogP contribution in [-0.2, 0) is 4.79 Å². The van der Waals surface area contributed by atoms with Crippen LogP contribution in [0.2, 0.25) is 0 Å². The highest BCUT2D eigenvalue weighted by Gasteiger charge is 2.15. The molecule has 0 aromatic heterocycles. The average Bonchev–Trinajstić information content (AvgIpc) is 2.30. The minimum absolute atomic E-state index is 0.204. The molecule has 4 heteroatoms. The summed E-state index contributed by atoms with van der Waals surface area (Å²) in [7, 11) is 0. The van der Waals surface area contributed by atoms with Crippen LogP contribution in [0.5, 0.6) is 0 Å². The number of primary amides is 1. The van der Waals surface area contributed by atoms with Crippen molar-refractivity contribution in [2.75, 3.05) is 5.32 Å². The second-order valence-electron chi connectivity index (χ2n) is 4.67. The fourth-order valence-corrected chi connectivity index (χ4v) is 1.92. The highest BCUT2D eigenvalue weighted by molar-refractivity contribution is 5.83. The summed E-state index contributed by atoms with van der Waals surface area (Å²) < 4.78 is 13.5. The van der Waals surface area contributed by atoms with Gasteiger partial charge in [0.25, 0.3) is 0 Å². The van der Waals surface area contributed by atoms with E-state index in [4.69, 9.17) is 5.73 Å². The van der Waals surface area contributed by atoms with Crippen molar-refractivity contribution >= 4 is 11.6 Å². The molecule has 1 rings (SSSR count). The van der Waals surface area contributed by atoms with Crippen LogP contribution in [0.1, 0.15) is 37.3 Å². The molecule has 0 heterocycles. The Kier molecular flexibility index (Phi) is 5.13. The number of aryl methyl sites for hydroxylation is 2. The Morgan fingerprint density at radius 1 is 1.39 bits per heavy atom. The molecule has 1 atom stereocenters. The number of unbranched alkanes of at least 4 members (excludes halogenated alkanes) is 1. The summed E-state index contributed by atoms with van der Waals surface area (Å²) in [6.45, 7) is 5.47. The molecule has 18 heavy (non-hydrogen) atoms. The molecule has 3 nitrogen and oxygen atoms in total. The van der Waals surface area contributed by atoms with E-state index in [0.717, 1.165) is 18.5 Å². The molecule has 0 fully saturated rings. The van der Waals surface area contributed by atoms with Crippen LogP contribution in [0.4, 0.5) is 10.1 Å². The number of hydrogen-bond acceptors (Lipinski definition) is 2. The van der Waals surface area contributed by atoms with Gasteiger partial charge < -0.3 is 11.1 Å². The molecule has 0 aliphatic heterocycles. The van der Waals surface area contributed by atoms with Gasteiger partial charge in [-0.25, -0.2) is 4.39 Å². The maximum absolute atomic E-state index is 13.5. The SMILES string of the molecule is CCCCC(Nc1cc(C)c(F)c(C)c1)C(N)=O. The van der Waals surface area contributed by atoms with Crippen molar-refractivity contribution in [1.29, 1.82) is 0 Å². The normalized spacial score (nSPS) is 12.2. The van der Waals surface area contributed by atoms with Gasteiger partial charge in [0.2, 0.25) is 5.91 Å². The lowest BCUT2D eigenvalue weighted by Crippen LogP contribution is -2.35. The van der Waals surface area contributed by atoms with E-state index in [2.05, 4.69) is 12.2 Å². The van der Waals surface area contributed by atoms with Crippen LogP contribution in [0.3, 0.4) is 0 Å². The highest BCUT2D eigenvalue weighted by Crippen LogP contribution is 2.20. The predicted molar refractivity (Wildman–Crippen MR) is 72.0 cm³/mol. The lowest BCUT2D eigenvalue weighted by molar-refractivity contribution is -0.118. The van der Waals surface area contributed by atoms with Gasteiger partial charge in [-0.15, -0.1) is 0 Å². The summed E-state index contributed by atoms with van der Waals surface area (Å²) in [5.74, 6) is -0.576. The molecular weight excluding hydrogens is 231 g/mol. The fourth-order valence-electron chi connectivity index (χ4n) is 1.92. The van der Waals surface area contributed by atoms with Gasteiger partial charge in [0.15, 0.2) is 0 Å². The Balaban J connectivity index is 2.84. The van der Waals surface area contributed by atoms with Gasteiger partial charge in [-0.1, -0.05) is 19.8 Å². The number of hydrogen-bond donors (Lipinski definition) is 2. The Morgan fingerprint density at radius 3 is 2.39 bits per heavy atom. The molecule has 0 saturated heterocycles. The maximum Gasteiger partial charge on any atom is 0.239 e. The standard InChI is InChI=1S/C14H21FN2O/c1-4-5-6-12(14(16)18)17-11-7-9(2)13(15)10(3)8-11/h7-8,12,17H,4-6H2,1-3H3,(H2,16,18). The van der Waals surface area contributed by atoms with E-state index in [1.807, 2.05) is 0 Å². The van der Waals surface area contributed by atoms with Gasteiger partial charge in [0.1, 0.15) is 11.9 Å². The Morgan fingerprint density at radius 2 is 1.94 bits per heavy atom. The predicted octanol–water partition coefficient (Wildman–Crippen LogP) is 2.90. The van der Waals surface area contributed by atoms with Gasteiger partial charge in [-0.2, -0.15) is 0 Å². The van der Waals surface area contributed by atoms with Crippen molar-refractivity contribution in [3.05, 3.63) is 29.1 Å². The van der Waals surface area contributed by atoms with Gasteiger partial charge in [-0.05, 0) is 43.5 Å². The summed E-state index contributed by atoms with van der Waals surface area (Å²) >= 11 is 0. The van der Waals surface area contributed by atoms with Crippen LogP contribution < -0.4 is 11.1 Å². The van der Waals surface area contributed by atoms with Crippen LogP contribution >= 0.6 is 0 Å². The van der Waals surface area contributed by atoms with Crippen molar-refractivity contribution in [3.8, 4) is 0 Å². The molecule has 100 valence electrons. The van der Waals surface area contributed by atoms with E-state index >= 15 is 0 Å². The lowest BCUT2D eigenvalue weighted by atomic mass is 10.1. The van der Waals surface area contributed by atoms with E-state index in [0.29, 0.717) is 17.5 Å². The molecule has 1 aromatic rings. The third-order valence-electron chi connectivity index (χ3n) is 2.97. The third kappa shape index (κ3) is 3.72. The molecule has 3 N–H and O–H groups in total. The summed E-state index contributed by atoms with van der Waals surface area (Å²) in [4.78, 5) is 11.3. The number of amides is 1. The number of anilines is 1. The lowest BCUT2D eigenvalue weighted by Gasteiger charge is -2.17. The van der Waals surface area contributed by atoms with E-state index < -0.39 is 6.04 Å². The Labute approximate surface area is 108 Å².